The lowest BCUT2D eigenvalue weighted by atomic mass is 10.2. The molecule has 0 aliphatic rings. The van der Waals surface area contributed by atoms with Crippen LogP contribution in [-0.2, 0) is 9.59 Å². The highest BCUT2D eigenvalue weighted by Crippen LogP contribution is 1.96. The standard InChI is InChI=1S/C8H15N2O2/c1-7(11)10(2)6-4-3-5-8(9)12/h9H,3-6H2,1-2H3. The third kappa shape index (κ3) is 5.70. The van der Waals surface area contributed by atoms with Gasteiger partial charge in [0.05, 0.1) is 0 Å². The molecule has 0 saturated heterocycles. The maximum absolute atomic E-state index is 10.7. The largest absolute Gasteiger partial charge is 0.346 e. The summed E-state index contributed by atoms with van der Waals surface area (Å²) in [5.41, 5.74) is 6.63. The molecule has 12 heavy (non-hydrogen) atoms. The molecule has 4 nitrogen and oxygen atoms in total. The van der Waals surface area contributed by atoms with Gasteiger partial charge >= 0.3 is 0 Å². The number of hydrogen-bond donors (Lipinski definition) is 0. The minimum Gasteiger partial charge on any atom is -0.346 e. The van der Waals surface area contributed by atoms with Crippen molar-refractivity contribution in [3.8, 4) is 0 Å². The summed E-state index contributed by atoms with van der Waals surface area (Å²) in [7, 11) is 1.73. The Morgan fingerprint density at radius 1 is 1.33 bits per heavy atom. The first-order valence-electron chi connectivity index (χ1n) is 4.00. The first-order chi connectivity index (χ1) is 5.54. The molecule has 0 aromatic heterocycles. The molecule has 0 spiro atoms. The van der Waals surface area contributed by atoms with Crippen LogP contribution in [0, 0.1) is 0 Å². The Morgan fingerprint density at radius 2 is 1.92 bits per heavy atom. The van der Waals surface area contributed by atoms with Gasteiger partial charge in [-0.1, -0.05) is 0 Å². The van der Waals surface area contributed by atoms with Gasteiger partial charge in [0.25, 0.3) is 0 Å². The molecule has 0 heterocycles. The molecule has 0 rings (SSSR count). The van der Waals surface area contributed by atoms with Gasteiger partial charge in [-0.3, -0.25) is 15.3 Å². The van der Waals surface area contributed by atoms with Gasteiger partial charge in [-0.25, -0.2) is 0 Å². The molecule has 69 valence electrons. The van der Waals surface area contributed by atoms with Gasteiger partial charge in [-0.15, -0.1) is 0 Å². The summed E-state index contributed by atoms with van der Waals surface area (Å²) >= 11 is 0. The number of nitrogens with zero attached hydrogens (tertiary/aromatic N) is 1. The third-order valence-corrected chi connectivity index (χ3v) is 1.68. The van der Waals surface area contributed by atoms with E-state index < -0.39 is 5.91 Å². The van der Waals surface area contributed by atoms with Crippen molar-refractivity contribution in [3.05, 3.63) is 0 Å². The van der Waals surface area contributed by atoms with Crippen molar-refractivity contribution in [3.63, 3.8) is 0 Å². The van der Waals surface area contributed by atoms with Gasteiger partial charge in [-0.2, -0.15) is 0 Å². The molecule has 0 aliphatic heterocycles. The Morgan fingerprint density at radius 3 is 2.33 bits per heavy atom. The Kier molecular flexibility index (Phi) is 5.08. The van der Waals surface area contributed by atoms with E-state index in [1.807, 2.05) is 0 Å². The van der Waals surface area contributed by atoms with Crippen LogP contribution in [0.1, 0.15) is 26.2 Å². The number of amides is 2. The quantitative estimate of drug-likeness (QED) is 0.563. The van der Waals surface area contributed by atoms with E-state index in [-0.39, 0.29) is 5.91 Å². The fraction of sp³-hybridized carbons (Fsp3) is 0.750. The second-order valence-electron chi connectivity index (χ2n) is 2.82. The highest BCUT2D eigenvalue weighted by molar-refractivity contribution is 5.73. The van der Waals surface area contributed by atoms with E-state index >= 15 is 0 Å². The average molecular weight is 171 g/mol. The van der Waals surface area contributed by atoms with Crippen LogP contribution in [0.3, 0.4) is 0 Å². The van der Waals surface area contributed by atoms with Crippen molar-refractivity contribution in [1.82, 2.24) is 10.6 Å². The molecule has 0 unspecified atom stereocenters. The van der Waals surface area contributed by atoms with Crippen LogP contribution in [0.2, 0.25) is 0 Å². The van der Waals surface area contributed by atoms with E-state index in [4.69, 9.17) is 5.73 Å². The third-order valence-electron chi connectivity index (χ3n) is 1.68. The zero-order valence-electron chi connectivity index (χ0n) is 7.59. The molecule has 0 atom stereocenters. The van der Waals surface area contributed by atoms with E-state index in [2.05, 4.69) is 0 Å². The summed E-state index contributed by atoms with van der Waals surface area (Å²) in [4.78, 5) is 22.5. The number of carbonyl (C=O) groups excluding carboxylic acids is 2. The van der Waals surface area contributed by atoms with Crippen molar-refractivity contribution >= 4 is 11.8 Å². The normalized spacial score (nSPS) is 9.50. The summed E-state index contributed by atoms with van der Waals surface area (Å²) in [6.07, 6.45) is 1.78. The lowest BCUT2D eigenvalue weighted by molar-refractivity contribution is -0.127. The SMILES string of the molecule is CC(=O)N(C)CCCCC([NH])=O. The average Bonchev–Trinajstić information content (AvgIpc) is 1.97. The fourth-order valence-electron chi connectivity index (χ4n) is 0.792. The molecule has 4 heteroatoms. The molecule has 2 amide bonds. The number of carbonyl (C=O) groups is 2. The van der Waals surface area contributed by atoms with Gasteiger partial charge in [0, 0.05) is 26.9 Å². The van der Waals surface area contributed by atoms with Crippen LogP contribution in [0.4, 0.5) is 0 Å². The Balaban J connectivity index is 3.31. The lowest BCUT2D eigenvalue weighted by Gasteiger charge is -2.13. The molecule has 1 radical (unpaired) electrons. The first kappa shape index (κ1) is 10.9. The Hall–Kier alpha value is -1.06. The number of nitrogens with one attached hydrogen (secondary N) is 1. The van der Waals surface area contributed by atoms with Crippen LogP contribution in [-0.4, -0.2) is 30.3 Å². The van der Waals surface area contributed by atoms with Crippen LogP contribution >= 0.6 is 0 Å². The Labute approximate surface area is 72.7 Å². The second-order valence-corrected chi connectivity index (χ2v) is 2.82. The molecular formula is C8H15N2O2. The zero-order chi connectivity index (χ0) is 9.56. The summed E-state index contributed by atoms with van der Waals surface area (Å²) < 4.78 is 0. The van der Waals surface area contributed by atoms with Crippen LogP contribution in [0.5, 0.6) is 0 Å². The maximum Gasteiger partial charge on any atom is 0.238 e. The van der Waals surface area contributed by atoms with Crippen molar-refractivity contribution in [2.45, 2.75) is 26.2 Å². The van der Waals surface area contributed by atoms with Crippen molar-refractivity contribution in [2.24, 2.45) is 0 Å². The summed E-state index contributed by atoms with van der Waals surface area (Å²) in [5, 5.41) is 0. The number of hydrogen-bond acceptors (Lipinski definition) is 2. The highest BCUT2D eigenvalue weighted by atomic mass is 16.2. The first-order valence-corrected chi connectivity index (χ1v) is 4.00. The molecule has 0 fully saturated rings. The van der Waals surface area contributed by atoms with Gasteiger partial charge in [0.15, 0.2) is 0 Å². The van der Waals surface area contributed by atoms with Crippen molar-refractivity contribution in [1.29, 1.82) is 0 Å². The van der Waals surface area contributed by atoms with Crippen LogP contribution in [0.15, 0.2) is 0 Å². The summed E-state index contributed by atoms with van der Waals surface area (Å²) in [6, 6.07) is 0. The smallest absolute Gasteiger partial charge is 0.238 e. The van der Waals surface area contributed by atoms with E-state index in [1.165, 1.54) is 6.92 Å². The fourth-order valence-corrected chi connectivity index (χ4v) is 0.792. The van der Waals surface area contributed by atoms with Gasteiger partial charge < -0.3 is 4.90 Å². The molecule has 1 N–H and O–H groups in total. The monoisotopic (exact) mass is 171 g/mol. The minimum absolute atomic E-state index is 0.0344. The molecular weight excluding hydrogens is 156 g/mol. The molecule has 0 bridgehead atoms. The highest BCUT2D eigenvalue weighted by Gasteiger charge is 2.01. The number of unbranched alkanes of at least 4 members (excludes halogenated alkanes) is 1. The van der Waals surface area contributed by atoms with Gasteiger partial charge in [0.2, 0.25) is 11.8 Å². The molecule has 0 aromatic rings. The lowest BCUT2D eigenvalue weighted by Crippen LogP contribution is -2.24. The molecule has 0 saturated carbocycles. The minimum atomic E-state index is -0.527. The van der Waals surface area contributed by atoms with Gasteiger partial charge in [0.1, 0.15) is 0 Å². The van der Waals surface area contributed by atoms with Crippen molar-refractivity contribution < 1.29 is 9.59 Å². The second kappa shape index (κ2) is 5.57. The van der Waals surface area contributed by atoms with Crippen LogP contribution in [0.25, 0.3) is 0 Å². The maximum atomic E-state index is 10.7. The Bertz CT molecular complexity index is 168. The predicted octanol–water partition coefficient (Wildman–Crippen LogP) is 0.444. The van der Waals surface area contributed by atoms with Gasteiger partial charge in [-0.05, 0) is 12.8 Å². The molecule has 0 aromatic carbocycles. The van der Waals surface area contributed by atoms with Crippen molar-refractivity contribution in [2.75, 3.05) is 13.6 Å². The number of rotatable bonds is 5. The predicted molar refractivity (Wildman–Crippen MR) is 45.3 cm³/mol. The summed E-state index contributed by atoms with van der Waals surface area (Å²) in [5.74, 6) is -0.493. The van der Waals surface area contributed by atoms with E-state index in [0.717, 1.165) is 6.42 Å². The van der Waals surface area contributed by atoms with E-state index in [0.29, 0.717) is 19.4 Å². The molecule has 0 aliphatic carbocycles. The zero-order valence-corrected chi connectivity index (χ0v) is 7.59. The topological polar surface area (TPSA) is 61.2 Å². The van der Waals surface area contributed by atoms with E-state index in [9.17, 15) is 9.59 Å². The van der Waals surface area contributed by atoms with E-state index in [1.54, 1.807) is 11.9 Å². The summed E-state index contributed by atoms with van der Waals surface area (Å²) in [6.45, 7) is 2.18. The van der Waals surface area contributed by atoms with Crippen LogP contribution < -0.4 is 5.73 Å².